The van der Waals surface area contributed by atoms with E-state index in [9.17, 15) is 23.1 Å². The summed E-state index contributed by atoms with van der Waals surface area (Å²) in [7, 11) is -2.49. The zero-order chi connectivity index (χ0) is 35.2. The maximum atomic E-state index is 14.2. The molecule has 1 unspecified atom stereocenters. The highest BCUT2D eigenvalue weighted by molar-refractivity contribution is 7.89. The standard InChI is InChI=1S/C35H49N5O6S2/c1-24(2)20-39(48(44,45)29-15-13-28(46-7)14-16-29)22-31(41)30(19-26-11-9-8-10-12-26)37-33(42)32(35(4,5)6)40-18-17-38(34(40)43)21-27-23-47-25(3)36-27/h8-16,23-24,30-32,41H,17-22H2,1-7H3,(H,37,42)/t30-,31+,32?/m0/s1. The number of carbonyl (C=O) groups excluding carboxylic acids is 2. The first-order valence-corrected chi connectivity index (χ1v) is 18.5. The third-order valence-corrected chi connectivity index (χ3v) is 10.9. The monoisotopic (exact) mass is 699 g/mol. The number of thiazole rings is 1. The predicted octanol–water partition coefficient (Wildman–Crippen LogP) is 4.55. The van der Waals surface area contributed by atoms with Crippen molar-refractivity contribution in [2.75, 3.05) is 33.3 Å². The SMILES string of the molecule is COc1ccc(S(=O)(=O)N(CC(C)C)C[C@@H](O)[C@H](Cc2ccccc2)NC(=O)C(N2CCN(Cc3csc(C)n3)C2=O)C(C)(C)C)cc1. The molecule has 262 valence electrons. The van der Waals surface area contributed by atoms with Gasteiger partial charge in [-0.3, -0.25) is 4.79 Å². The molecule has 3 atom stereocenters. The first-order chi connectivity index (χ1) is 22.6. The van der Waals surface area contributed by atoms with Gasteiger partial charge in [-0.2, -0.15) is 4.31 Å². The minimum absolute atomic E-state index is 0.0324. The normalized spacial score (nSPS) is 16.0. The molecule has 3 amide bonds. The van der Waals surface area contributed by atoms with Gasteiger partial charge in [-0.15, -0.1) is 11.3 Å². The predicted molar refractivity (Wildman–Crippen MR) is 187 cm³/mol. The van der Waals surface area contributed by atoms with E-state index in [-0.39, 0.29) is 36.4 Å². The summed E-state index contributed by atoms with van der Waals surface area (Å²) in [5.41, 5.74) is 1.03. The molecule has 48 heavy (non-hydrogen) atoms. The number of amides is 3. The van der Waals surface area contributed by atoms with Gasteiger partial charge in [0.15, 0.2) is 0 Å². The minimum atomic E-state index is -4.00. The molecule has 1 fully saturated rings. The summed E-state index contributed by atoms with van der Waals surface area (Å²) in [6.07, 6.45) is -1.01. The van der Waals surface area contributed by atoms with E-state index in [1.54, 1.807) is 21.9 Å². The number of aromatic nitrogens is 1. The second-order valence-electron chi connectivity index (χ2n) is 13.8. The lowest BCUT2D eigenvalue weighted by atomic mass is 9.84. The quantitative estimate of drug-likeness (QED) is 0.238. The van der Waals surface area contributed by atoms with Crippen LogP contribution in [-0.2, 0) is 27.8 Å². The summed E-state index contributed by atoms with van der Waals surface area (Å²) in [4.78, 5) is 35.8. The summed E-state index contributed by atoms with van der Waals surface area (Å²) in [5.74, 6) is 0.0897. The molecule has 2 heterocycles. The highest BCUT2D eigenvalue weighted by atomic mass is 32.2. The van der Waals surface area contributed by atoms with Crippen molar-refractivity contribution in [2.45, 2.75) is 77.6 Å². The Morgan fingerprint density at radius 2 is 1.75 bits per heavy atom. The van der Waals surface area contributed by atoms with Crippen LogP contribution in [0, 0.1) is 18.3 Å². The fourth-order valence-electron chi connectivity index (χ4n) is 5.99. The molecule has 13 heteroatoms. The van der Waals surface area contributed by atoms with Crippen LogP contribution < -0.4 is 10.1 Å². The lowest BCUT2D eigenvalue weighted by molar-refractivity contribution is -0.130. The van der Waals surface area contributed by atoms with Gasteiger partial charge >= 0.3 is 6.03 Å². The van der Waals surface area contributed by atoms with Crippen molar-refractivity contribution < 1.29 is 27.9 Å². The molecule has 0 aliphatic carbocycles. The van der Waals surface area contributed by atoms with Crippen molar-refractivity contribution in [1.82, 2.24) is 24.4 Å². The van der Waals surface area contributed by atoms with Crippen LogP contribution in [0.3, 0.4) is 0 Å². The molecule has 3 aromatic rings. The van der Waals surface area contributed by atoms with Crippen molar-refractivity contribution in [1.29, 1.82) is 0 Å². The first kappa shape index (κ1) is 37.3. The first-order valence-electron chi connectivity index (χ1n) is 16.2. The van der Waals surface area contributed by atoms with Gasteiger partial charge < -0.3 is 25.0 Å². The molecular weight excluding hydrogens is 651 g/mol. The largest absolute Gasteiger partial charge is 0.497 e. The lowest BCUT2D eigenvalue weighted by Crippen LogP contribution is -2.59. The molecule has 11 nitrogen and oxygen atoms in total. The second kappa shape index (κ2) is 15.8. The van der Waals surface area contributed by atoms with Crippen LogP contribution in [0.4, 0.5) is 4.79 Å². The van der Waals surface area contributed by atoms with Crippen LogP contribution in [0.25, 0.3) is 0 Å². The number of ether oxygens (including phenoxy) is 1. The van der Waals surface area contributed by atoms with Crippen LogP contribution >= 0.6 is 11.3 Å². The van der Waals surface area contributed by atoms with Crippen molar-refractivity contribution in [3.05, 3.63) is 76.2 Å². The molecule has 0 saturated carbocycles. The Bertz CT molecular complexity index is 1620. The van der Waals surface area contributed by atoms with Crippen LogP contribution in [0.2, 0.25) is 0 Å². The molecule has 0 bridgehead atoms. The van der Waals surface area contributed by atoms with Gasteiger partial charge in [-0.05, 0) is 54.5 Å². The third-order valence-electron chi connectivity index (χ3n) is 8.27. The lowest BCUT2D eigenvalue weighted by Gasteiger charge is -2.38. The molecule has 2 aromatic carbocycles. The Morgan fingerprint density at radius 3 is 2.31 bits per heavy atom. The topological polar surface area (TPSA) is 132 Å². The van der Waals surface area contributed by atoms with Crippen molar-refractivity contribution in [3.63, 3.8) is 0 Å². The van der Waals surface area contributed by atoms with Crippen molar-refractivity contribution in [2.24, 2.45) is 11.3 Å². The van der Waals surface area contributed by atoms with Crippen LogP contribution in [0.5, 0.6) is 5.75 Å². The van der Waals surface area contributed by atoms with E-state index in [4.69, 9.17) is 4.74 Å². The van der Waals surface area contributed by atoms with Gasteiger partial charge in [0.1, 0.15) is 11.8 Å². The third kappa shape index (κ3) is 9.34. The number of nitrogens with zero attached hydrogens (tertiary/aromatic N) is 4. The van der Waals surface area contributed by atoms with Gasteiger partial charge in [0, 0.05) is 31.6 Å². The number of methoxy groups -OCH3 is 1. The van der Waals surface area contributed by atoms with E-state index in [0.29, 0.717) is 25.4 Å². The zero-order valence-corrected chi connectivity index (χ0v) is 30.6. The zero-order valence-electron chi connectivity index (χ0n) is 28.9. The van der Waals surface area contributed by atoms with E-state index in [1.165, 1.54) is 34.9 Å². The number of sulfonamides is 1. The molecule has 1 aromatic heterocycles. The molecule has 4 rings (SSSR count). The van der Waals surface area contributed by atoms with Crippen molar-refractivity contribution in [3.8, 4) is 5.75 Å². The number of hydrogen-bond donors (Lipinski definition) is 2. The summed E-state index contributed by atoms with van der Waals surface area (Å²) < 4.78 is 34.2. The molecular formula is C35H49N5O6S2. The highest BCUT2D eigenvalue weighted by Crippen LogP contribution is 2.29. The summed E-state index contributed by atoms with van der Waals surface area (Å²) in [5, 5.41) is 17.7. The maximum absolute atomic E-state index is 14.2. The van der Waals surface area contributed by atoms with Crippen molar-refractivity contribution >= 4 is 33.3 Å². The number of benzene rings is 2. The number of nitrogens with one attached hydrogen (secondary N) is 1. The Labute approximate surface area is 289 Å². The number of aryl methyl sites for hydroxylation is 1. The number of urea groups is 1. The smallest absolute Gasteiger partial charge is 0.321 e. The summed E-state index contributed by atoms with van der Waals surface area (Å²) >= 11 is 1.53. The Kier molecular flexibility index (Phi) is 12.3. The van der Waals surface area contributed by atoms with E-state index in [1.807, 2.05) is 77.3 Å². The maximum Gasteiger partial charge on any atom is 0.321 e. The fourth-order valence-corrected chi connectivity index (χ4v) is 8.22. The second-order valence-corrected chi connectivity index (χ2v) is 16.8. The van der Waals surface area contributed by atoms with Crippen LogP contribution in [0.15, 0.2) is 64.9 Å². The van der Waals surface area contributed by atoms with E-state index in [0.717, 1.165) is 16.3 Å². The van der Waals surface area contributed by atoms with Gasteiger partial charge in [0.05, 0.1) is 41.4 Å². The average molecular weight is 700 g/mol. The Hall–Kier alpha value is -3.52. The van der Waals surface area contributed by atoms with E-state index >= 15 is 0 Å². The highest BCUT2D eigenvalue weighted by Gasteiger charge is 2.44. The number of rotatable bonds is 15. The fraction of sp³-hybridized carbons (Fsp3) is 0.514. The molecule has 0 spiro atoms. The molecule has 2 N–H and O–H groups in total. The average Bonchev–Trinajstić information content (AvgIpc) is 3.60. The summed E-state index contributed by atoms with van der Waals surface area (Å²) in [6, 6.07) is 13.6. The van der Waals surface area contributed by atoms with E-state index < -0.39 is 39.5 Å². The number of aliphatic hydroxyl groups excluding tert-OH is 1. The molecule has 0 radical (unpaired) electrons. The molecule has 1 aliphatic heterocycles. The minimum Gasteiger partial charge on any atom is -0.497 e. The van der Waals surface area contributed by atoms with Gasteiger partial charge in [0.2, 0.25) is 15.9 Å². The number of aliphatic hydroxyl groups is 1. The summed E-state index contributed by atoms with van der Waals surface area (Å²) in [6.45, 7) is 12.6. The van der Waals surface area contributed by atoms with Crippen LogP contribution in [-0.4, -0.2) is 96.0 Å². The van der Waals surface area contributed by atoms with Gasteiger partial charge in [0.25, 0.3) is 0 Å². The molecule has 1 aliphatic rings. The molecule has 1 saturated heterocycles. The van der Waals surface area contributed by atoms with Crippen LogP contribution in [0.1, 0.15) is 50.9 Å². The van der Waals surface area contributed by atoms with Gasteiger partial charge in [-0.1, -0.05) is 65.0 Å². The van der Waals surface area contributed by atoms with Gasteiger partial charge in [-0.25, -0.2) is 18.2 Å². The number of carbonyl (C=O) groups is 2. The Balaban J connectivity index is 1.59. The van der Waals surface area contributed by atoms with E-state index in [2.05, 4.69) is 10.3 Å². The number of hydrogen-bond acceptors (Lipinski definition) is 8. The Morgan fingerprint density at radius 1 is 1.08 bits per heavy atom.